The van der Waals surface area contributed by atoms with Gasteiger partial charge in [-0.15, -0.1) is 0 Å². The van der Waals surface area contributed by atoms with Crippen molar-refractivity contribution in [3.63, 3.8) is 0 Å². The number of rotatable bonds is 11. The lowest BCUT2D eigenvalue weighted by Gasteiger charge is -2.47. The summed E-state index contributed by atoms with van der Waals surface area (Å²) in [6.07, 6.45) is 3.64. The molecule has 0 amide bonds. The van der Waals surface area contributed by atoms with E-state index in [0.717, 1.165) is 24.9 Å². The Labute approximate surface area is 357 Å². The fourth-order valence-electron chi connectivity index (χ4n) is 11.9. The molecule has 3 saturated heterocycles. The van der Waals surface area contributed by atoms with Crippen molar-refractivity contribution in [2.75, 3.05) is 40.7 Å². The number of hydrogen-bond acceptors (Lipinski definition) is 13. The van der Waals surface area contributed by atoms with E-state index in [4.69, 9.17) is 37.9 Å². The highest BCUT2D eigenvalue weighted by molar-refractivity contribution is 5.99. The zero-order valence-corrected chi connectivity index (χ0v) is 37.3. The maximum atomic E-state index is 15.1. The van der Waals surface area contributed by atoms with Crippen molar-refractivity contribution in [2.24, 2.45) is 35.5 Å². The van der Waals surface area contributed by atoms with Crippen LogP contribution in [0, 0.1) is 35.5 Å². The smallest absolute Gasteiger partial charge is 0.306 e. The maximum absolute atomic E-state index is 15.1. The van der Waals surface area contributed by atoms with Crippen LogP contribution < -0.4 is 5.32 Å². The Balaban J connectivity index is 1.20. The van der Waals surface area contributed by atoms with Crippen LogP contribution in [0.5, 0.6) is 0 Å². The van der Waals surface area contributed by atoms with Crippen molar-refractivity contribution >= 4 is 17.4 Å². The SMILES string of the molecule is CC[C@H]1CCC[C@H](O[C@H]2CC[C@H](N(C)C)C(C)O2)[C@@H](C)C(=O)C2=C[C@H]3[C@@H]4C[C@H](O[C@@H]5OC(C)[C@H](OC)C(OC)[C@@H]5OC)C[C@H]4C(O)C(Nc4ccccc4)[C@H]3[C@@H]2CC(=O)O1. The van der Waals surface area contributed by atoms with Gasteiger partial charge in [0, 0.05) is 44.9 Å². The van der Waals surface area contributed by atoms with Crippen molar-refractivity contribution in [1.29, 1.82) is 0 Å². The summed E-state index contributed by atoms with van der Waals surface area (Å²) >= 11 is 0. The number of carbonyl (C=O) groups is 2. The Morgan fingerprint density at radius 3 is 2.23 bits per heavy atom. The number of ether oxygens (including phenoxy) is 8. The Kier molecular flexibility index (Phi) is 15.1. The zero-order chi connectivity index (χ0) is 42.8. The van der Waals surface area contributed by atoms with Crippen LogP contribution in [0.1, 0.15) is 85.5 Å². The molecule has 1 aromatic carbocycles. The molecule has 2 N–H and O–H groups in total. The predicted molar refractivity (Wildman–Crippen MR) is 225 cm³/mol. The molecule has 13 nitrogen and oxygen atoms in total. The average molecular weight is 841 g/mol. The third-order valence-corrected chi connectivity index (χ3v) is 15.0. The van der Waals surface area contributed by atoms with Crippen molar-refractivity contribution in [2.45, 2.75) is 165 Å². The van der Waals surface area contributed by atoms with Crippen molar-refractivity contribution in [3.05, 3.63) is 42.0 Å². The zero-order valence-electron chi connectivity index (χ0n) is 37.3. The second-order valence-corrected chi connectivity index (χ2v) is 18.6. The summed E-state index contributed by atoms with van der Waals surface area (Å²) in [4.78, 5) is 31.3. The minimum Gasteiger partial charge on any atom is -0.462 e. The van der Waals surface area contributed by atoms with E-state index in [1.165, 1.54) is 0 Å². The number of ketones is 1. The van der Waals surface area contributed by atoms with E-state index in [2.05, 4.69) is 44.2 Å². The van der Waals surface area contributed by atoms with Gasteiger partial charge in [-0.25, -0.2) is 0 Å². The van der Waals surface area contributed by atoms with E-state index in [1.807, 2.05) is 44.2 Å². The Morgan fingerprint density at radius 2 is 1.57 bits per heavy atom. The minimum atomic E-state index is -0.785. The number of methoxy groups -OCH3 is 3. The molecule has 7 rings (SSSR count). The molecule has 0 bridgehead atoms. The number of para-hydroxylation sites is 1. The number of anilines is 1. The number of aliphatic hydroxyl groups excluding tert-OH is 1. The molecule has 5 fully saturated rings. The Bertz CT molecular complexity index is 1610. The molecule has 5 unspecified atom stereocenters. The Hall–Kier alpha value is -2.46. The first-order chi connectivity index (χ1) is 28.9. The van der Waals surface area contributed by atoms with Crippen LogP contribution in [-0.4, -0.2) is 137 Å². The summed E-state index contributed by atoms with van der Waals surface area (Å²) in [6.45, 7) is 8.08. The molecule has 0 spiro atoms. The predicted octanol–water partition coefficient (Wildman–Crippen LogP) is 5.77. The number of nitrogens with one attached hydrogen (secondary N) is 1. The van der Waals surface area contributed by atoms with Gasteiger partial charge in [0.05, 0.1) is 43.0 Å². The largest absolute Gasteiger partial charge is 0.462 e. The maximum Gasteiger partial charge on any atom is 0.306 e. The molecule has 3 aliphatic heterocycles. The average Bonchev–Trinajstić information content (AvgIpc) is 3.82. The van der Waals surface area contributed by atoms with Crippen molar-refractivity contribution in [3.8, 4) is 0 Å². The fraction of sp³-hybridized carbons (Fsp3) is 0.787. The number of esters is 1. The highest BCUT2D eigenvalue weighted by atomic mass is 16.7. The summed E-state index contributed by atoms with van der Waals surface area (Å²) < 4.78 is 50.1. The second kappa shape index (κ2) is 19.9. The van der Waals surface area contributed by atoms with E-state index in [-0.39, 0.29) is 78.5 Å². The highest BCUT2D eigenvalue weighted by Crippen LogP contribution is 2.57. The lowest BCUT2D eigenvalue weighted by atomic mass is 9.62. The number of benzene rings is 1. The molecular formula is C47H72N2O11. The molecular weight excluding hydrogens is 769 g/mol. The normalized spacial score (nSPS) is 43.9. The standard InChI is InChI=1S/C47H72N2O11/c1-10-29-17-14-18-37(60-39-20-19-36(49(5)6)26(3)56-39)25(2)42(51)35-23-32-31-21-30(59-47-46(55-9)45(54-8)44(53-7)27(4)57-47)22-34(31)43(52)41(48-28-15-12-11-13-16-28)40(32)33(35)24-38(50)58-29/h11-13,15-16,23,25-27,29-34,36-37,39-41,43-48,52H,10,14,17-22,24H2,1-9H3/t25-,26?,27?,29+,30+,31+,32+,33-,34-,36+,37+,39+,40-,41?,43?,44+,45?,46+,47+/m1/s1. The van der Waals surface area contributed by atoms with E-state index in [9.17, 15) is 9.90 Å². The molecule has 0 aromatic heterocycles. The number of carbonyl (C=O) groups excluding carboxylic acids is 2. The van der Waals surface area contributed by atoms with Crippen LogP contribution >= 0.6 is 0 Å². The van der Waals surface area contributed by atoms with Gasteiger partial charge in [0.2, 0.25) is 0 Å². The van der Waals surface area contributed by atoms with Crippen LogP contribution in [-0.2, 0) is 47.5 Å². The monoisotopic (exact) mass is 841 g/mol. The molecule has 13 heteroatoms. The number of aliphatic hydroxyl groups is 1. The summed E-state index contributed by atoms with van der Waals surface area (Å²) in [5.74, 6) is -1.76. The van der Waals surface area contributed by atoms with E-state index >= 15 is 4.79 Å². The van der Waals surface area contributed by atoms with Crippen LogP contribution in [0.2, 0.25) is 0 Å². The van der Waals surface area contributed by atoms with Gasteiger partial charge in [0.1, 0.15) is 24.4 Å². The molecule has 2 saturated carbocycles. The number of hydrogen-bond donors (Lipinski definition) is 2. The van der Waals surface area contributed by atoms with Gasteiger partial charge in [-0.3, -0.25) is 9.59 Å². The van der Waals surface area contributed by atoms with E-state index in [1.54, 1.807) is 21.3 Å². The molecule has 0 radical (unpaired) electrons. The minimum absolute atomic E-state index is 0.00373. The van der Waals surface area contributed by atoms with Gasteiger partial charge in [0.25, 0.3) is 0 Å². The molecule has 3 aliphatic carbocycles. The summed E-state index contributed by atoms with van der Waals surface area (Å²) in [5, 5.41) is 16.3. The van der Waals surface area contributed by atoms with Gasteiger partial charge in [0.15, 0.2) is 18.4 Å². The molecule has 3 heterocycles. The lowest BCUT2D eigenvalue weighted by molar-refractivity contribution is -0.314. The molecule has 336 valence electrons. The first-order valence-corrected chi connectivity index (χ1v) is 22.7. The number of likely N-dealkylation sites (N-methyl/N-ethyl adjacent to an activating group) is 1. The van der Waals surface area contributed by atoms with Gasteiger partial charge in [-0.05, 0) is 121 Å². The van der Waals surface area contributed by atoms with Crippen LogP contribution in [0.15, 0.2) is 42.0 Å². The first-order valence-electron chi connectivity index (χ1n) is 22.7. The highest BCUT2D eigenvalue weighted by Gasteiger charge is 2.60. The molecule has 1 aromatic rings. The summed E-state index contributed by atoms with van der Waals surface area (Å²) in [6, 6.07) is 9.74. The van der Waals surface area contributed by atoms with E-state index < -0.39 is 48.8 Å². The van der Waals surface area contributed by atoms with Gasteiger partial charge in [-0.1, -0.05) is 38.1 Å². The fourth-order valence-corrected chi connectivity index (χ4v) is 11.9. The van der Waals surface area contributed by atoms with Gasteiger partial charge in [-0.2, -0.15) is 0 Å². The topological polar surface area (TPSA) is 143 Å². The van der Waals surface area contributed by atoms with Gasteiger partial charge >= 0.3 is 5.97 Å². The quantitative estimate of drug-likeness (QED) is 0.261. The summed E-state index contributed by atoms with van der Waals surface area (Å²) in [7, 11) is 9.06. The third-order valence-electron chi connectivity index (χ3n) is 15.0. The first kappa shape index (κ1) is 45.6. The summed E-state index contributed by atoms with van der Waals surface area (Å²) in [5.41, 5.74) is 1.52. The number of Topliss-reactive ketones (excluding diaryl/α,β-unsaturated/α-hetero) is 1. The lowest BCUT2D eigenvalue weighted by Crippen LogP contribution is -2.59. The number of allylic oxidation sites excluding steroid dienone is 2. The second-order valence-electron chi connectivity index (χ2n) is 18.6. The van der Waals surface area contributed by atoms with Gasteiger partial charge < -0.3 is 53.2 Å². The molecule has 6 aliphatic rings. The van der Waals surface area contributed by atoms with Crippen molar-refractivity contribution < 1.29 is 52.6 Å². The molecule has 60 heavy (non-hydrogen) atoms. The van der Waals surface area contributed by atoms with Crippen LogP contribution in [0.4, 0.5) is 5.69 Å². The number of fused-ring (bicyclic) bond motifs is 5. The third kappa shape index (κ3) is 9.40. The van der Waals surface area contributed by atoms with Crippen molar-refractivity contribution in [1.82, 2.24) is 4.90 Å². The van der Waals surface area contributed by atoms with E-state index in [0.29, 0.717) is 43.7 Å². The number of cyclic esters (lactones) is 1. The Morgan fingerprint density at radius 1 is 0.850 bits per heavy atom. The van der Waals surface area contributed by atoms with Crippen LogP contribution in [0.25, 0.3) is 0 Å². The van der Waals surface area contributed by atoms with Crippen LogP contribution in [0.3, 0.4) is 0 Å². The molecule has 19 atom stereocenters. The number of nitrogens with zero attached hydrogens (tertiary/aromatic N) is 1.